The van der Waals surface area contributed by atoms with E-state index in [1.807, 2.05) is 24.3 Å². The molecule has 2 aromatic carbocycles. The zero-order valence-electron chi connectivity index (χ0n) is 12.7. The molecule has 0 fully saturated rings. The van der Waals surface area contributed by atoms with Gasteiger partial charge in [0.2, 0.25) is 0 Å². The fourth-order valence-corrected chi connectivity index (χ4v) is 2.29. The number of carbonyl (C=O) groups is 2. The molecule has 4 nitrogen and oxygen atoms in total. The van der Waals surface area contributed by atoms with Gasteiger partial charge in [0.15, 0.2) is 12.4 Å². The van der Waals surface area contributed by atoms with Crippen molar-refractivity contribution in [3.8, 4) is 0 Å². The largest absolute Gasteiger partial charge is 0.454 e. The number of aromatic amines is 1. The number of ketones is 1. The third-order valence-corrected chi connectivity index (χ3v) is 3.53. The van der Waals surface area contributed by atoms with Crippen LogP contribution in [0.15, 0.2) is 60.8 Å². The molecule has 1 heterocycles. The molecular formula is C19H14FNO3. The lowest BCUT2D eigenvalue weighted by atomic mass is 10.1. The first-order valence-corrected chi connectivity index (χ1v) is 7.33. The number of H-pyrrole nitrogens is 1. The maximum atomic E-state index is 12.8. The number of carbonyl (C=O) groups excluding carboxylic acids is 2. The van der Waals surface area contributed by atoms with Crippen molar-refractivity contribution in [1.82, 2.24) is 4.98 Å². The number of aromatic nitrogens is 1. The van der Waals surface area contributed by atoms with E-state index < -0.39 is 11.8 Å². The molecule has 5 heteroatoms. The first-order valence-electron chi connectivity index (χ1n) is 7.33. The number of rotatable bonds is 5. The van der Waals surface area contributed by atoms with Gasteiger partial charge in [-0.3, -0.25) is 4.79 Å². The van der Waals surface area contributed by atoms with Gasteiger partial charge in [-0.05, 0) is 36.4 Å². The minimum Gasteiger partial charge on any atom is -0.454 e. The average molecular weight is 323 g/mol. The summed E-state index contributed by atoms with van der Waals surface area (Å²) in [5.41, 5.74) is 2.12. The maximum Gasteiger partial charge on any atom is 0.331 e. The Morgan fingerprint density at radius 1 is 1.08 bits per heavy atom. The number of nitrogens with one attached hydrogen (secondary N) is 1. The maximum absolute atomic E-state index is 12.8. The van der Waals surface area contributed by atoms with Crippen molar-refractivity contribution in [2.75, 3.05) is 6.61 Å². The normalized spacial score (nSPS) is 11.0. The Bertz CT molecular complexity index is 910. The van der Waals surface area contributed by atoms with Crippen LogP contribution in [0.3, 0.4) is 0 Å². The summed E-state index contributed by atoms with van der Waals surface area (Å²) in [6.45, 7) is -0.386. The van der Waals surface area contributed by atoms with E-state index >= 15 is 0 Å². The Labute approximate surface area is 137 Å². The predicted octanol–water partition coefficient (Wildman–Crippen LogP) is 3.75. The average Bonchev–Trinajstić information content (AvgIpc) is 3.01. The molecule has 0 saturated carbocycles. The van der Waals surface area contributed by atoms with Crippen LogP contribution in [-0.2, 0) is 9.53 Å². The van der Waals surface area contributed by atoms with Crippen molar-refractivity contribution in [2.24, 2.45) is 0 Å². The summed E-state index contributed by atoms with van der Waals surface area (Å²) in [7, 11) is 0. The van der Waals surface area contributed by atoms with Crippen molar-refractivity contribution in [3.63, 3.8) is 0 Å². The highest BCUT2D eigenvalue weighted by Gasteiger charge is 2.08. The molecule has 0 radical (unpaired) electrons. The second kappa shape index (κ2) is 6.91. The van der Waals surface area contributed by atoms with Gasteiger partial charge in [-0.1, -0.05) is 18.2 Å². The highest BCUT2D eigenvalue weighted by atomic mass is 19.1. The zero-order chi connectivity index (χ0) is 16.9. The van der Waals surface area contributed by atoms with Crippen LogP contribution < -0.4 is 0 Å². The van der Waals surface area contributed by atoms with E-state index in [1.165, 1.54) is 30.3 Å². The van der Waals surface area contributed by atoms with Crippen molar-refractivity contribution in [2.45, 2.75) is 0 Å². The molecule has 120 valence electrons. The molecule has 3 aromatic rings. The van der Waals surface area contributed by atoms with Gasteiger partial charge in [0, 0.05) is 34.3 Å². The third-order valence-electron chi connectivity index (χ3n) is 3.53. The second-order valence-corrected chi connectivity index (χ2v) is 5.16. The van der Waals surface area contributed by atoms with Crippen molar-refractivity contribution >= 4 is 28.7 Å². The summed E-state index contributed by atoms with van der Waals surface area (Å²) in [6, 6.07) is 12.8. The molecule has 0 spiro atoms. The van der Waals surface area contributed by atoms with Crippen molar-refractivity contribution < 1.29 is 18.7 Å². The molecule has 0 unspecified atom stereocenters. The summed E-state index contributed by atoms with van der Waals surface area (Å²) < 4.78 is 17.7. The zero-order valence-corrected chi connectivity index (χ0v) is 12.7. The Morgan fingerprint density at radius 3 is 2.62 bits per heavy atom. The lowest BCUT2D eigenvalue weighted by Gasteiger charge is -2.01. The molecular weight excluding hydrogens is 309 g/mol. The number of esters is 1. The number of benzene rings is 2. The Hall–Kier alpha value is -3.21. The molecule has 0 saturated heterocycles. The van der Waals surface area contributed by atoms with Crippen LogP contribution in [0, 0.1) is 5.82 Å². The van der Waals surface area contributed by atoms with E-state index in [0.29, 0.717) is 5.56 Å². The number of hydrogen-bond donors (Lipinski definition) is 1. The molecule has 0 aliphatic heterocycles. The number of ether oxygens (including phenoxy) is 1. The van der Waals surface area contributed by atoms with Crippen LogP contribution in [0.1, 0.15) is 15.9 Å². The van der Waals surface area contributed by atoms with Gasteiger partial charge in [-0.2, -0.15) is 0 Å². The van der Waals surface area contributed by atoms with Crippen molar-refractivity contribution in [3.05, 3.63) is 77.7 Å². The van der Waals surface area contributed by atoms with Crippen LogP contribution in [0.5, 0.6) is 0 Å². The molecule has 1 aromatic heterocycles. The number of Topliss-reactive ketones (excluding diaryl/α,β-unsaturated/α-hetero) is 1. The monoisotopic (exact) mass is 323 g/mol. The van der Waals surface area contributed by atoms with Gasteiger partial charge in [0.05, 0.1) is 0 Å². The van der Waals surface area contributed by atoms with Gasteiger partial charge in [0.25, 0.3) is 0 Å². The van der Waals surface area contributed by atoms with E-state index in [1.54, 1.807) is 12.3 Å². The highest BCUT2D eigenvalue weighted by Crippen LogP contribution is 2.18. The number of hydrogen-bond acceptors (Lipinski definition) is 3. The van der Waals surface area contributed by atoms with Crippen LogP contribution >= 0.6 is 0 Å². The molecule has 0 bridgehead atoms. The second-order valence-electron chi connectivity index (χ2n) is 5.16. The highest BCUT2D eigenvalue weighted by molar-refractivity contribution is 5.99. The van der Waals surface area contributed by atoms with Gasteiger partial charge in [-0.25, -0.2) is 9.18 Å². The van der Waals surface area contributed by atoms with Gasteiger partial charge < -0.3 is 9.72 Å². The fourth-order valence-electron chi connectivity index (χ4n) is 2.29. The lowest BCUT2D eigenvalue weighted by molar-refractivity contribution is -0.136. The Balaban J connectivity index is 1.59. The van der Waals surface area contributed by atoms with E-state index in [2.05, 4.69) is 4.98 Å². The minimum atomic E-state index is -0.615. The molecule has 0 amide bonds. The van der Waals surface area contributed by atoms with Crippen LogP contribution in [0.2, 0.25) is 0 Å². The van der Waals surface area contributed by atoms with Crippen molar-refractivity contribution in [1.29, 1.82) is 0 Å². The summed E-state index contributed by atoms with van der Waals surface area (Å²) in [5, 5.41) is 0.990. The standard InChI is InChI=1S/C19H14FNO3/c20-15-8-5-13(6-9-15)18(22)12-24-19(23)10-7-14-11-21-17-4-2-1-3-16(14)17/h1-11,21H,12H2/b10-7-. The Morgan fingerprint density at radius 2 is 1.83 bits per heavy atom. The summed E-state index contributed by atoms with van der Waals surface area (Å²) in [5.74, 6) is -1.43. The van der Waals surface area contributed by atoms with E-state index in [9.17, 15) is 14.0 Å². The first-order chi connectivity index (χ1) is 11.6. The summed E-state index contributed by atoms with van der Waals surface area (Å²) in [6.07, 6.45) is 4.69. The smallest absolute Gasteiger partial charge is 0.331 e. The first kappa shape index (κ1) is 15.7. The SMILES string of the molecule is O=C(/C=C\c1c[nH]c2ccccc12)OCC(=O)c1ccc(F)cc1. The molecule has 0 aliphatic carbocycles. The summed E-state index contributed by atoms with van der Waals surface area (Å²) >= 11 is 0. The number of fused-ring (bicyclic) bond motifs is 1. The van der Waals surface area contributed by atoms with Gasteiger partial charge >= 0.3 is 5.97 Å². The Kier molecular flexibility index (Phi) is 4.52. The molecule has 0 aliphatic rings. The van der Waals surface area contributed by atoms with E-state index in [-0.39, 0.29) is 12.4 Å². The molecule has 0 atom stereocenters. The summed E-state index contributed by atoms with van der Waals surface area (Å²) in [4.78, 5) is 26.7. The minimum absolute atomic E-state index is 0.296. The van der Waals surface area contributed by atoms with E-state index in [0.717, 1.165) is 16.5 Å². The molecule has 24 heavy (non-hydrogen) atoms. The third kappa shape index (κ3) is 3.57. The number of para-hydroxylation sites is 1. The molecule has 3 rings (SSSR count). The van der Waals surface area contributed by atoms with Crippen LogP contribution in [-0.4, -0.2) is 23.3 Å². The molecule has 1 N–H and O–H groups in total. The number of halogens is 1. The topological polar surface area (TPSA) is 59.2 Å². The van der Waals surface area contributed by atoms with Crippen LogP contribution in [0.25, 0.3) is 17.0 Å². The predicted molar refractivity (Wildman–Crippen MR) is 89.0 cm³/mol. The fraction of sp³-hybridized carbons (Fsp3) is 0.0526. The van der Waals surface area contributed by atoms with Crippen LogP contribution in [0.4, 0.5) is 4.39 Å². The van der Waals surface area contributed by atoms with Gasteiger partial charge in [0.1, 0.15) is 5.82 Å². The van der Waals surface area contributed by atoms with E-state index in [4.69, 9.17) is 4.74 Å². The lowest BCUT2D eigenvalue weighted by Crippen LogP contribution is -2.12. The van der Waals surface area contributed by atoms with Gasteiger partial charge in [-0.15, -0.1) is 0 Å². The quantitative estimate of drug-likeness (QED) is 0.442.